The second kappa shape index (κ2) is 6.98. The van der Waals surface area contributed by atoms with Crippen LogP contribution in [0, 0.1) is 6.92 Å². The molecule has 3 heterocycles. The van der Waals surface area contributed by atoms with E-state index in [0.29, 0.717) is 31.2 Å². The second-order valence-corrected chi connectivity index (χ2v) is 7.01. The van der Waals surface area contributed by atoms with E-state index in [-0.39, 0.29) is 18.0 Å². The number of hydrogen-bond donors (Lipinski definition) is 0. The van der Waals surface area contributed by atoms with Gasteiger partial charge in [-0.15, -0.1) is 0 Å². The smallest absolute Gasteiger partial charge is 0.341 e. The Morgan fingerprint density at radius 3 is 2.56 bits per heavy atom. The van der Waals surface area contributed by atoms with E-state index >= 15 is 0 Å². The van der Waals surface area contributed by atoms with Gasteiger partial charge in [0.1, 0.15) is 0 Å². The number of carbonyl (C=O) groups is 2. The lowest BCUT2D eigenvalue weighted by atomic mass is 10.1. The maximum absolute atomic E-state index is 12.8. The molecule has 140 valence electrons. The van der Waals surface area contributed by atoms with E-state index < -0.39 is 5.97 Å². The summed E-state index contributed by atoms with van der Waals surface area (Å²) in [7, 11) is 0. The molecule has 0 saturated carbocycles. The molecule has 7 nitrogen and oxygen atoms in total. The molecule has 1 aromatic carbocycles. The monoisotopic (exact) mass is 366 g/mol. The first kappa shape index (κ1) is 17.5. The van der Waals surface area contributed by atoms with E-state index in [1.807, 2.05) is 36.1 Å². The minimum atomic E-state index is -0.415. The normalized spacial score (nSPS) is 20.8. The highest BCUT2D eigenvalue weighted by Crippen LogP contribution is 2.33. The molecule has 2 saturated heterocycles. The molecular formula is C20H22N4O3. The Morgan fingerprint density at radius 1 is 1.15 bits per heavy atom. The number of aryl methyl sites for hydroxylation is 1. The highest BCUT2D eigenvalue weighted by molar-refractivity contribution is 5.95. The number of hydrogen-bond acceptors (Lipinski definition) is 6. The van der Waals surface area contributed by atoms with Crippen LogP contribution in [-0.4, -0.2) is 58.5 Å². The molecule has 1 aromatic heterocycles. The van der Waals surface area contributed by atoms with E-state index in [9.17, 15) is 9.59 Å². The van der Waals surface area contributed by atoms with Crippen LogP contribution in [0.2, 0.25) is 0 Å². The molecule has 2 aromatic rings. The van der Waals surface area contributed by atoms with Crippen molar-refractivity contribution in [1.82, 2.24) is 14.9 Å². The molecular weight excluding hydrogens is 344 g/mol. The van der Waals surface area contributed by atoms with Crippen molar-refractivity contribution in [3.05, 3.63) is 53.3 Å². The zero-order chi connectivity index (χ0) is 19.0. The van der Waals surface area contributed by atoms with Gasteiger partial charge in [0.05, 0.1) is 24.3 Å². The van der Waals surface area contributed by atoms with Crippen molar-refractivity contribution in [3.8, 4) is 0 Å². The van der Waals surface area contributed by atoms with Gasteiger partial charge in [0.15, 0.2) is 0 Å². The van der Waals surface area contributed by atoms with Gasteiger partial charge >= 0.3 is 5.97 Å². The summed E-state index contributed by atoms with van der Waals surface area (Å²) in [6.45, 7) is 5.45. The number of amides is 1. The Hall–Kier alpha value is -2.96. The van der Waals surface area contributed by atoms with E-state index in [0.717, 1.165) is 17.5 Å². The van der Waals surface area contributed by atoms with E-state index in [1.54, 1.807) is 6.92 Å². The predicted octanol–water partition coefficient (Wildman–Crippen LogP) is 2.07. The minimum Gasteiger partial charge on any atom is -0.462 e. The van der Waals surface area contributed by atoms with Gasteiger partial charge < -0.3 is 14.5 Å². The summed E-state index contributed by atoms with van der Waals surface area (Å²) in [5.74, 6) is 0.268. The molecule has 2 atom stereocenters. The third-order valence-corrected chi connectivity index (χ3v) is 5.17. The summed E-state index contributed by atoms with van der Waals surface area (Å²) in [5.41, 5.74) is 2.17. The number of nitrogens with zero attached hydrogens (tertiary/aromatic N) is 4. The number of benzene rings is 1. The fraction of sp³-hybridized carbons (Fsp3) is 0.400. The minimum absolute atomic E-state index is 0.0874. The Balaban J connectivity index is 1.44. The molecule has 2 aliphatic rings. The molecule has 7 heteroatoms. The number of fused-ring (bicyclic) bond motifs is 2. The van der Waals surface area contributed by atoms with Crippen LogP contribution in [0.1, 0.15) is 39.6 Å². The van der Waals surface area contributed by atoms with Crippen LogP contribution in [0.5, 0.6) is 0 Å². The zero-order valence-corrected chi connectivity index (χ0v) is 15.5. The van der Waals surface area contributed by atoms with Crippen molar-refractivity contribution in [1.29, 1.82) is 0 Å². The standard InChI is InChI=1S/C20H22N4O3/c1-3-27-19(26)15-9-21-20(22-10-15)24-12-16-8-17(24)11-23(16)18(25)14-6-4-5-13(2)7-14/h4-7,9-10,16-17H,3,8,11-12H2,1-2H3/t16-,17-/m0/s1. The van der Waals surface area contributed by atoms with Crippen molar-refractivity contribution in [2.45, 2.75) is 32.4 Å². The SMILES string of the molecule is CCOC(=O)c1cnc(N2C[C@@H]3C[C@H]2CN3C(=O)c2cccc(C)c2)nc1. The third kappa shape index (κ3) is 3.25. The van der Waals surface area contributed by atoms with Crippen LogP contribution in [0.4, 0.5) is 5.95 Å². The van der Waals surface area contributed by atoms with Gasteiger partial charge in [-0.1, -0.05) is 17.7 Å². The van der Waals surface area contributed by atoms with E-state index in [4.69, 9.17) is 4.74 Å². The number of carbonyl (C=O) groups excluding carboxylic acids is 2. The van der Waals surface area contributed by atoms with E-state index in [1.165, 1.54) is 12.4 Å². The quantitative estimate of drug-likeness (QED) is 0.771. The number of piperazine rings is 1. The Kier molecular flexibility index (Phi) is 4.51. The van der Waals surface area contributed by atoms with Crippen molar-refractivity contribution >= 4 is 17.8 Å². The summed E-state index contributed by atoms with van der Waals surface area (Å²) in [4.78, 5) is 37.3. The number of anilines is 1. The van der Waals surface area contributed by atoms with Crippen molar-refractivity contribution in [2.75, 3.05) is 24.6 Å². The van der Waals surface area contributed by atoms with Crippen molar-refractivity contribution in [2.24, 2.45) is 0 Å². The van der Waals surface area contributed by atoms with Crippen LogP contribution in [-0.2, 0) is 4.74 Å². The van der Waals surface area contributed by atoms with Crippen LogP contribution in [0.25, 0.3) is 0 Å². The van der Waals surface area contributed by atoms with Gasteiger partial charge in [-0.05, 0) is 32.4 Å². The van der Waals surface area contributed by atoms with Crippen LogP contribution < -0.4 is 4.90 Å². The van der Waals surface area contributed by atoms with Gasteiger partial charge in [0, 0.05) is 31.0 Å². The zero-order valence-electron chi connectivity index (χ0n) is 15.5. The molecule has 2 bridgehead atoms. The fourth-order valence-electron chi connectivity index (χ4n) is 3.89. The molecule has 27 heavy (non-hydrogen) atoms. The van der Waals surface area contributed by atoms with Crippen LogP contribution >= 0.6 is 0 Å². The number of esters is 1. The van der Waals surface area contributed by atoms with E-state index in [2.05, 4.69) is 14.9 Å². The maximum Gasteiger partial charge on any atom is 0.341 e. The maximum atomic E-state index is 12.8. The predicted molar refractivity (Wildman–Crippen MR) is 99.7 cm³/mol. The largest absolute Gasteiger partial charge is 0.462 e. The lowest BCUT2D eigenvalue weighted by Gasteiger charge is -2.34. The number of aromatic nitrogens is 2. The van der Waals surface area contributed by atoms with Gasteiger partial charge in [-0.25, -0.2) is 14.8 Å². The third-order valence-electron chi connectivity index (χ3n) is 5.17. The summed E-state index contributed by atoms with van der Waals surface area (Å²) >= 11 is 0. The number of rotatable bonds is 4. The lowest BCUT2D eigenvalue weighted by Crippen LogP contribution is -2.49. The molecule has 1 amide bonds. The van der Waals surface area contributed by atoms with Crippen molar-refractivity contribution in [3.63, 3.8) is 0 Å². The highest BCUT2D eigenvalue weighted by Gasteiger charge is 2.46. The average molecular weight is 366 g/mol. The van der Waals surface area contributed by atoms with Crippen molar-refractivity contribution < 1.29 is 14.3 Å². The van der Waals surface area contributed by atoms with Gasteiger partial charge in [0.25, 0.3) is 5.91 Å². The number of ether oxygens (including phenoxy) is 1. The van der Waals surface area contributed by atoms with Crippen LogP contribution in [0.3, 0.4) is 0 Å². The molecule has 0 unspecified atom stereocenters. The molecule has 2 aliphatic heterocycles. The number of likely N-dealkylation sites (tertiary alicyclic amines) is 1. The first-order valence-corrected chi connectivity index (χ1v) is 9.20. The molecule has 0 aliphatic carbocycles. The van der Waals surface area contributed by atoms with Gasteiger partial charge in [-0.2, -0.15) is 0 Å². The average Bonchev–Trinajstić information content (AvgIpc) is 3.28. The second-order valence-electron chi connectivity index (χ2n) is 7.01. The molecule has 2 fully saturated rings. The van der Waals surface area contributed by atoms with Crippen LogP contribution in [0.15, 0.2) is 36.7 Å². The first-order chi connectivity index (χ1) is 13.1. The summed E-state index contributed by atoms with van der Waals surface area (Å²) in [5, 5.41) is 0. The van der Waals surface area contributed by atoms with Gasteiger partial charge in [-0.3, -0.25) is 4.79 Å². The summed E-state index contributed by atoms with van der Waals surface area (Å²) in [6, 6.07) is 8.09. The topological polar surface area (TPSA) is 75.6 Å². The highest BCUT2D eigenvalue weighted by atomic mass is 16.5. The Bertz CT molecular complexity index is 868. The van der Waals surface area contributed by atoms with Gasteiger partial charge in [0.2, 0.25) is 5.95 Å². The first-order valence-electron chi connectivity index (χ1n) is 9.20. The lowest BCUT2D eigenvalue weighted by molar-refractivity contribution is 0.0525. The molecule has 0 spiro atoms. The summed E-state index contributed by atoms with van der Waals surface area (Å²) in [6.07, 6.45) is 3.92. The Morgan fingerprint density at radius 2 is 1.93 bits per heavy atom. The fourth-order valence-corrected chi connectivity index (χ4v) is 3.89. The molecule has 0 N–H and O–H groups in total. The summed E-state index contributed by atoms with van der Waals surface area (Å²) < 4.78 is 4.96. The molecule has 0 radical (unpaired) electrons. The molecule has 4 rings (SSSR count). The Labute approximate surface area is 158 Å².